The van der Waals surface area contributed by atoms with Crippen LogP contribution in [0.1, 0.15) is 71.6 Å². The number of aliphatic hydroxyl groups is 1. The van der Waals surface area contributed by atoms with Crippen molar-refractivity contribution >= 4 is 75.3 Å². The second kappa shape index (κ2) is 15.8. The van der Waals surface area contributed by atoms with Crippen molar-refractivity contribution in [2.24, 2.45) is 17.3 Å². The highest BCUT2D eigenvalue weighted by Crippen LogP contribution is 2.28. The number of hydrogen-bond donors (Lipinski definition) is 3. The lowest BCUT2D eigenvalue weighted by Gasteiger charge is -2.34. The number of piperidine rings is 1. The van der Waals surface area contributed by atoms with Gasteiger partial charge in [-0.25, -0.2) is 0 Å². The number of ether oxygens (including phenoxy) is 1. The van der Waals surface area contributed by atoms with Crippen LogP contribution in [0.3, 0.4) is 0 Å². The minimum Gasteiger partial charge on any atom is -0.461 e. The summed E-state index contributed by atoms with van der Waals surface area (Å²) in [6, 6.07) is 9.95. The summed E-state index contributed by atoms with van der Waals surface area (Å²) in [7, 11) is 0. The molecule has 4 unspecified atom stereocenters. The number of amides is 3. The molecular formula is C34H44Cl3N3O6. The van der Waals surface area contributed by atoms with Gasteiger partial charge < -0.3 is 25.4 Å². The van der Waals surface area contributed by atoms with Crippen LogP contribution < -0.4 is 10.6 Å². The normalized spacial score (nSPS) is 17.9. The molecule has 0 saturated carbocycles. The summed E-state index contributed by atoms with van der Waals surface area (Å²) in [5.74, 6) is -2.56. The zero-order valence-electron chi connectivity index (χ0n) is 27.1. The standard InChI is InChI=1S/C34H44Cl3N3O6/c1-20(2)28(29(42)38-21(3)30(43)40-15-7-8-26(18-40)31(44)46-19-34(35,36)37)39-32(45)33(5,6)14-13-23-9-10-24-11-12-25(22(4)41)17-27(24)16-23/h9-14,16-17,20-22,26,28,41H,7-8,15,18-19H2,1-6H3,(H,38,42)(H,39,45). The molecule has 3 rings (SSSR count). The average molecular weight is 697 g/mol. The van der Waals surface area contributed by atoms with E-state index in [0.29, 0.717) is 19.4 Å². The van der Waals surface area contributed by atoms with Gasteiger partial charge in [-0.05, 0) is 80.5 Å². The summed E-state index contributed by atoms with van der Waals surface area (Å²) < 4.78 is 3.37. The van der Waals surface area contributed by atoms with Gasteiger partial charge in [-0.2, -0.15) is 0 Å². The molecule has 46 heavy (non-hydrogen) atoms. The molecule has 1 heterocycles. The maximum atomic E-state index is 13.4. The molecule has 4 atom stereocenters. The van der Waals surface area contributed by atoms with E-state index in [0.717, 1.165) is 21.9 Å². The number of fused-ring (bicyclic) bond motifs is 1. The number of carbonyl (C=O) groups excluding carboxylic acids is 4. The third-order valence-corrected chi connectivity index (χ3v) is 8.39. The van der Waals surface area contributed by atoms with Crippen LogP contribution in [0.25, 0.3) is 16.8 Å². The Kier molecular flexibility index (Phi) is 12.9. The number of halogens is 3. The van der Waals surface area contributed by atoms with Gasteiger partial charge in [0.15, 0.2) is 0 Å². The maximum absolute atomic E-state index is 13.4. The number of carbonyl (C=O) groups is 4. The minimum absolute atomic E-state index is 0.127. The first-order valence-electron chi connectivity index (χ1n) is 15.4. The number of esters is 1. The van der Waals surface area contributed by atoms with Gasteiger partial charge in [-0.15, -0.1) is 0 Å². The van der Waals surface area contributed by atoms with E-state index in [1.165, 1.54) is 4.90 Å². The monoisotopic (exact) mass is 695 g/mol. The molecule has 0 spiro atoms. The highest BCUT2D eigenvalue weighted by atomic mass is 35.6. The number of likely N-dealkylation sites (tertiary alicyclic amines) is 1. The second-order valence-electron chi connectivity index (χ2n) is 12.9. The van der Waals surface area contributed by atoms with Crippen LogP contribution in [-0.2, 0) is 23.9 Å². The smallest absolute Gasteiger partial charge is 0.310 e. The van der Waals surface area contributed by atoms with Crippen LogP contribution in [0.5, 0.6) is 0 Å². The Morgan fingerprint density at radius 3 is 2.33 bits per heavy atom. The summed E-state index contributed by atoms with van der Waals surface area (Å²) in [5, 5.41) is 17.6. The molecule has 252 valence electrons. The molecule has 1 fully saturated rings. The lowest BCUT2D eigenvalue weighted by Crippen LogP contribution is -2.57. The molecule has 0 bridgehead atoms. The van der Waals surface area contributed by atoms with Gasteiger partial charge in [0.25, 0.3) is 0 Å². The molecule has 0 aliphatic carbocycles. The Balaban J connectivity index is 1.62. The van der Waals surface area contributed by atoms with Crippen molar-refractivity contribution in [2.75, 3.05) is 19.7 Å². The van der Waals surface area contributed by atoms with Gasteiger partial charge in [-0.1, -0.05) is 85.1 Å². The van der Waals surface area contributed by atoms with Crippen LogP contribution in [0.2, 0.25) is 0 Å². The van der Waals surface area contributed by atoms with Crippen molar-refractivity contribution in [3.05, 3.63) is 53.6 Å². The van der Waals surface area contributed by atoms with E-state index >= 15 is 0 Å². The molecule has 0 aromatic heterocycles. The van der Waals surface area contributed by atoms with Gasteiger partial charge in [0.2, 0.25) is 21.5 Å². The average Bonchev–Trinajstić information content (AvgIpc) is 2.99. The molecule has 2 aromatic carbocycles. The highest BCUT2D eigenvalue weighted by Gasteiger charge is 2.35. The molecule has 0 radical (unpaired) electrons. The summed E-state index contributed by atoms with van der Waals surface area (Å²) in [6.45, 7) is 10.6. The van der Waals surface area contributed by atoms with Gasteiger partial charge in [0, 0.05) is 13.1 Å². The van der Waals surface area contributed by atoms with Crippen LogP contribution in [0.15, 0.2) is 42.5 Å². The van der Waals surface area contributed by atoms with Crippen molar-refractivity contribution in [2.45, 2.75) is 76.4 Å². The number of nitrogens with zero attached hydrogens (tertiary/aromatic N) is 1. The van der Waals surface area contributed by atoms with E-state index in [2.05, 4.69) is 10.6 Å². The first-order valence-corrected chi connectivity index (χ1v) is 16.6. The van der Waals surface area contributed by atoms with Crippen molar-refractivity contribution in [1.29, 1.82) is 0 Å². The molecule has 3 N–H and O–H groups in total. The molecule has 1 aliphatic heterocycles. The van der Waals surface area contributed by atoms with E-state index in [1.54, 1.807) is 33.8 Å². The van der Waals surface area contributed by atoms with Crippen molar-refractivity contribution in [3.63, 3.8) is 0 Å². The fourth-order valence-electron chi connectivity index (χ4n) is 5.17. The van der Waals surface area contributed by atoms with Crippen molar-refractivity contribution in [3.8, 4) is 0 Å². The van der Waals surface area contributed by atoms with Gasteiger partial charge in [0.05, 0.1) is 17.4 Å². The zero-order valence-corrected chi connectivity index (χ0v) is 29.4. The number of hydrogen-bond acceptors (Lipinski definition) is 6. The van der Waals surface area contributed by atoms with E-state index < -0.39 is 51.8 Å². The Morgan fingerprint density at radius 2 is 1.70 bits per heavy atom. The molecule has 1 saturated heterocycles. The number of nitrogens with one attached hydrogen (secondary N) is 2. The quantitative estimate of drug-likeness (QED) is 0.204. The maximum Gasteiger partial charge on any atom is 0.310 e. The summed E-state index contributed by atoms with van der Waals surface area (Å²) in [5.41, 5.74) is 0.750. The summed E-state index contributed by atoms with van der Waals surface area (Å²) in [4.78, 5) is 54.0. The van der Waals surface area contributed by atoms with Gasteiger partial charge in [-0.3, -0.25) is 19.2 Å². The lowest BCUT2D eigenvalue weighted by atomic mass is 9.89. The van der Waals surface area contributed by atoms with E-state index in [-0.39, 0.29) is 24.3 Å². The van der Waals surface area contributed by atoms with Crippen LogP contribution >= 0.6 is 34.8 Å². The molecular weight excluding hydrogens is 653 g/mol. The predicted molar refractivity (Wildman–Crippen MR) is 182 cm³/mol. The third-order valence-electron chi connectivity index (χ3n) is 8.06. The van der Waals surface area contributed by atoms with Crippen LogP contribution in [0, 0.1) is 17.3 Å². The van der Waals surface area contributed by atoms with Crippen molar-refractivity contribution < 1.29 is 29.0 Å². The largest absolute Gasteiger partial charge is 0.461 e. The topological polar surface area (TPSA) is 125 Å². The lowest BCUT2D eigenvalue weighted by molar-refractivity contribution is -0.152. The fourth-order valence-corrected chi connectivity index (χ4v) is 5.33. The molecule has 3 amide bonds. The number of aliphatic hydroxyl groups excluding tert-OH is 1. The Hall–Kier alpha value is -2.85. The number of benzene rings is 2. The third kappa shape index (κ3) is 10.6. The van der Waals surface area contributed by atoms with E-state index in [1.807, 2.05) is 56.3 Å². The first kappa shape index (κ1) is 37.6. The fraction of sp³-hybridized carbons (Fsp3) is 0.529. The summed E-state index contributed by atoms with van der Waals surface area (Å²) in [6.07, 6.45) is 4.18. The van der Waals surface area contributed by atoms with E-state index in [9.17, 15) is 24.3 Å². The minimum atomic E-state index is -1.73. The number of rotatable bonds is 11. The molecule has 12 heteroatoms. The first-order chi connectivity index (χ1) is 21.4. The molecule has 2 aromatic rings. The van der Waals surface area contributed by atoms with Crippen molar-refractivity contribution in [1.82, 2.24) is 15.5 Å². The highest BCUT2D eigenvalue weighted by molar-refractivity contribution is 6.67. The number of alkyl halides is 3. The zero-order chi connectivity index (χ0) is 34.4. The summed E-state index contributed by atoms with van der Waals surface area (Å²) >= 11 is 17.0. The molecule has 9 nitrogen and oxygen atoms in total. The van der Waals surface area contributed by atoms with Gasteiger partial charge in [0.1, 0.15) is 18.7 Å². The van der Waals surface area contributed by atoms with Gasteiger partial charge >= 0.3 is 5.97 Å². The Bertz CT molecular complexity index is 1450. The predicted octanol–water partition coefficient (Wildman–Crippen LogP) is 5.73. The second-order valence-corrected chi connectivity index (χ2v) is 15.4. The SMILES string of the molecule is CC(NC(=O)C(NC(=O)C(C)(C)C=Cc1ccc2ccc(C(C)O)cc2c1)C(C)C)C(=O)N1CCCC(C(=O)OCC(Cl)(Cl)Cl)C1. The van der Waals surface area contributed by atoms with E-state index in [4.69, 9.17) is 39.5 Å². The Labute approximate surface area is 285 Å². The Morgan fingerprint density at radius 1 is 1.02 bits per heavy atom. The van der Waals surface area contributed by atoms with Crippen LogP contribution in [0.4, 0.5) is 0 Å². The molecule has 1 aliphatic rings. The van der Waals surface area contributed by atoms with Crippen LogP contribution in [-0.4, -0.2) is 69.3 Å².